The number of aliphatic hydroxyl groups excluding tert-OH is 1. The summed E-state index contributed by atoms with van der Waals surface area (Å²) in [6.45, 7) is 6.91. The second-order valence-corrected chi connectivity index (χ2v) is 5.91. The predicted molar refractivity (Wildman–Crippen MR) is 96.3 cm³/mol. The zero-order valence-electron chi connectivity index (χ0n) is 15.1. The first-order valence-electron chi connectivity index (χ1n) is 9.01. The van der Waals surface area contributed by atoms with E-state index < -0.39 is 6.10 Å². The molecule has 5 nitrogen and oxygen atoms in total. The van der Waals surface area contributed by atoms with Gasteiger partial charge in [-0.05, 0) is 30.5 Å². The fourth-order valence-electron chi connectivity index (χ4n) is 2.14. The lowest BCUT2D eigenvalue weighted by Crippen LogP contribution is -2.28. The van der Waals surface area contributed by atoms with Crippen molar-refractivity contribution in [2.24, 2.45) is 5.73 Å². The Kier molecular flexibility index (Phi) is 11.5. The summed E-state index contributed by atoms with van der Waals surface area (Å²) >= 11 is 0. The molecule has 0 saturated heterocycles. The number of unbranched alkanes of at least 4 members (excludes halogenated alkanes) is 2. The monoisotopic (exact) mass is 339 g/mol. The van der Waals surface area contributed by atoms with Gasteiger partial charge in [-0.1, -0.05) is 38.8 Å². The third-order valence-electron chi connectivity index (χ3n) is 3.70. The zero-order chi connectivity index (χ0) is 17.6. The number of rotatable bonds is 14. The maximum absolute atomic E-state index is 9.82. The summed E-state index contributed by atoms with van der Waals surface area (Å²) in [6.07, 6.45) is 3.56. The highest BCUT2D eigenvalue weighted by Crippen LogP contribution is 2.19. The van der Waals surface area contributed by atoms with Gasteiger partial charge in [0, 0.05) is 19.8 Å². The first-order chi connectivity index (χ1) is 11.7. The van der Waals surface area contributed by atoms with E-state index in [1.54, 1.807) is 0 Å². The Labute approximate surface area is 146 Å². The molecular weight excluding hydrogens is 306 g/mol. The first-order valence-corrected chi connectivity index (χ1v) is 9.01. The van der Waals surface area contributed by atoms with Crippen LogP contribution in [0.2, 0.25) is 0 Å². The highest BCUT2D eigenvalue weighted by molar-refractivity contribution is 5.30. The van der Waals surface area contributed by atoms with E-state index in [2.05, 4.69) is 13.8 Å². The van der Waals surface area contributed by atoms with Gasteiger partial charge in [-0.3, -0.25) is 0 Å². The molecule has 0 saturated carbocycles. The summed E-state index contributed by atoms with van der Waals surface area (Å²) in [5.74, 6) is 0.706. The second-order valence-electron chi connectivity index (χ2n) is 5.91. The number of hydrogen-bond donors (Lipinski definition) is 2. The maximum Gasteiger partial charge on any atom is 0.119 e. The van der Waals surface area contributed by atoms with E-state index in [-0.39, 0.29) is 12.6 Å². The Morgan fingerprint density at radius 1 is 1.08 bits per heavy atom. The fraction of sp³-hybridized carbons (Fsp3) is 0.684. The van der Waals surface area contributed by atoms with Crippen LogP contribution in [-0.2, 0) is 9.47 Å². The lowest BCUT2D eigenvalue weighted by Gasteiger charge is -2.19. The summed E-state index contributed by atoms with van der Waals surface area (Å²) < 4.78 is 17.4. The molecule has 0 aliphatic rings. The first kappa shape index (κ1) is 20.9. The summed E-state index contributed by atoms with van der Waals surface area (Å²) in [5, 5.41) is 9.82. The summed E-state index contributed by atoms with van der Waals surface area (Å²) in [7, 11) is 0. The Morgan fingerprint density at radius 3 is 2.54 bits per heavy atom. The van der Waals surface area contributed by atoms with E-state index in [9.17, 15) is 5.11 Å². The van der Waals surface area contributed by atoms with Crippen LogP contribution in [-0.4, -0.2) is 44.2 Å². The van der Waals surface area contributed by atoms with Crippen LogP contribution in [0.25, 0.3) is 0 Å². The van der Waals surface area contributed by atoms with Gasteiger partial charge in [-0.2, -0.15) is 0 Å². The van der Waals surface area contributed by atoms with Gasteiger partial charge in [0.25, 0.3) is 0 Å². The van der Waals surface area contributed by atoms with Gasteiger partial charge >= 0.3 is 0 Å². The van der Waals surface area contributed by atoms with Crippen molar-refractivity contribution in [3.8, 4) is 5.75 Å². The van der Waals surface area contributed by atoms with E-state index in [1.807, 2.05) is 24.3 Å². The Morgan fingerprint density at radius 2 is 1.83 bits per heavy atom. The standard InChI is InChI=1S/C19H33NO4/c1-3-5-10-22-14-18(23-11-6-4-2)15-24-17-9-7-8-16(12-17)19(21)13-20/h7-9,12,18-19,21H,3-6,10-11,13-15,20H2,1-2H3/t18-,19-/m1/s1. The molecule has 3 N–H and O–H groups in total. The van der Waals surface area contributed by atoms with Crippen molar-refractivity contribution in [3.05, 3.63) is 29.8 Å². The molecule has 24 heavy (non-hydrogen) atoms. The summed E-state index contributed by atoms with van der Waals surface area (Å²) in [6, 6.07) is 7.38. The number of nitrogens with two attached hydrogens (primary N) is 1. The lowest BCUT2D eigenvalue weighted by molar-refractivity contribution is -0.0384. The average molecular weight is 339 g/mol. The SMILES string of the molecule is CCCCOC[C@H](COc1cccc([C@H](O)CN)c1)OCCCC. The molecule has 0 heterocycles. The van der Waals surface area contributed by atoms with Gasteiger partial charge in [0.15, 0.2) is 0 Å². The average Bonchev–Trinajstić information content (AvgIpc) is 2.62. The van der Waals surface area contributed by atoms with Gasteiger partial charge in [-0.15, -0.1) is 0 Å². The van der Waals surface area contributed by atoms with Crippen molar-refractivity contribution in [1.82, 2.24) is 0 Å². The van der Waals surface area contributed by atoms with Crippen LogP contribution in [0.5, 0.6) is 5.75 Å². The molecule has 0 bridgehead atoms. The number of aliphatic hydroxyl groups is 1. The molecule has 0 aliphatic heterocycles. The van der Waals surface area contributed by atoms with Crippen molar-refractivity contribution in [3.63, 3.8) is 0 Å². The van der Waals surface area contributed by atoms with E-state index in [4.69, 9.17) is 19.9 Å². The van der Waals surface area contributed by atoms with Gasteiger partial charge in [0.2, 0.25) is 0 Å². The number of hydrogen-bond acceptors (Lipinski definition) is 5. The maximum atomic E-state index is 9.82. The Hall–Kier alpha value is -1.14. The van der Waals surface area contributed by atoms with Crippen LogP contribution < -0.4 is 10.5 Å². The molecule has 138 valence electrons. The predicted octanol–water partition coefficient (Wildman–Crippen LogP) is 3.06. The van der Waals surface area contributed by atoms with E-state index >= 15 is 0 Å². The van der Waals surface area contributed by atoms with Crippen molar-refractivity contribution >= 4 is 0 Å². The third kappa shape index (κ3) is 8.64. The van der Waals surface area contributed by atoms with Crippen LogP contribution in [0.1, 0.15) is 51.2 Å². The molecule has 0 radical (unpaired) electrons. The molecule has 1 aromatic carbocycles. The number of benzene rings is 1. The summed E-state index contributed by atoms with van der Waals surface area (Å²) in [4.78, 5) is 0. The second kappa shape index (κ2) is 13.2. The summed E-state index contributed by atoms with van der Waals surface area (Å²) in [5.41, 5.74) is 6.26. The van der Waals surface area contributed by atoms with Crippen LogP contribution in [0.3, 0.4) is 0 Å². The molecule has 1 aromatic rings. The highest BCUT2D eigenvalue weighted by Gasteiger charge is 2.12. The molecule has 0 fully saturated rings. The molecule has 2 atom stereocenters. The minimum atomic E-state index is -0.664. The van der Waals surface area contributed by atoms with E-state index in [1.165, 1.54) is 0 Å². The third-order valence-corrected chi connectivity index (χ3v) is 3.70. The molecule has 0 spiro atoms. The van der Waals surface area contributed by atoms with E-state index in [0.717, 1.165) is 37.9 Å². The molecular formula is C19H33NO4. The van der Waals surface area contributed by atoms with E-state index in [0.29, 0.717) is 25.6 Å². The lowest BCUT2D eigenvalue weighted by atomic mass is 10.1. The van der Waals surface area contributed by atoms with Gasteiger partial charge < -0.3 is 25.1 Å². The topological polar surface area (TPSA) is 73.9 Å². The molecule has 0 aromatic heterocycles. The largest absolute Gasteiger partial charge is 0.491 e. The quantitative estimate of drug-likeness (QED) is 0.510. The fourth-order valence-corrected chi connectivity index (χ4v) is 2.14. The van der Waals surface area contributed by atoms with Crippen molar-refractivity contribution < 1.29 is 19.3 Å². The van der Waals surface area contributed by atoms with Crippen LogP contribution >= 0.6 is 0 Å². The van der Waals surface area contributed by atoms with Gasteiger partial charge in [-0.25, -0.2) is 0 Å². The molecule has 0 aliphatic carbocycles. The van der Waals surface area contributed by atoms with Crippen LogP contribution in [0, 0.1) is 0 Å². The minimum absolute atomic E-state index is 0.0866. The Balaban J connectivity index is 2.49. The normalized spacial score (nSPS) is 13.7. The van der Waals surface area contributed by atoms with Crippen molar-refractivity contribution in [2.75, 3.05) is 33.0 Å². The van der Waals surface area contributed by atoms with Gasteiger partial charge in [0.05, 0.1) is 12.7 Å². The van der Waals surface area contributed by atoms with Crippen LogP contribution in [0.4, 0.5) is 0 Å². The number of ether oxygens (including phenoxy) is 3. The van der Waals surface area contributed by atoms with Gasteiger partial charge in [0.1, 0.15) is 18.5 Å². The zero-order valence-corrected chi connectivity index (χ0v) is 15.1. The van der Waals surface area contributed by atoms with Crippen LogP contribution in [0.15, 0.2) is 24.3 Å². The molecule has 0 amide bonds. The smallest absolute Gasteiger partial charge is 0.119 e. The molecule has 1 rings (SSSR count). The van der Waals surface area contributed by atoms with Crippen molar-refractivity contribution in [2.45, 2.75) is 51.7 Å². The molecule has 0 unspecified atom stereocenters. The Bertz CT molecular complexity index is 428. The van der Waals surface area contributed by atoms with Crippen molar-refractivity contribution in [1.29, 1.82) is 0 Å². The molecule has 5 heteroatoms. The highest BCUT2D eigenvalue weighted by atomic mass is 16.6. The minimum Gasteiger partial charge on any atom is -0.491 e.